The summed E-state index contributed by atoms with van der Waals surface area (Å²) in [4.78, 5) is 40.4. The predicted molar refractivity (Wildman–Crippen MR) is 138 cm³/mol. The number of unbranched alkanes of at least 4 members (excludes halogenated alkanes) is 5. The van der Waals surface area contributed by atoms with E-state index in [2.05, 4.69) is 17.6 Å². The number of phenols is 1. The highest BCUT2D eigenvalue weighted by Gasteiger charge is 2.33. The van der Waals surface area contributed by atoms with E-state index in [1.807, 2.05) is 20.8 Å². The van der Waals surface area contributed by atoms with Gasteiger partial charge in [0.2, 0.25) is 11.8 Å². The normalized spacial score (nSPS) is 12.5. The summed E-state index contributed by atoms with van der Waals surface area (Å²) in [5.41, 5.74) is -0.608. The van der Waals surface area contributed by atoms with Crippen molar-refractivity contribution >= 4 is 17.9 Å². The van der Waals surface area contributed by atoms with Crippen LogP contribution in [-0.2, 0) is 14.3 Å². The molecular formula is C27H45N3O5. The highest BCUT2D eigenvalue weighted by atomic mass is 16.6. The molecule has 198 valence electrons. The van der Waals surface area contributed by atoms with Crippen LogP contribution >= 0.6 is 0 Å². The van der Waals surface area contributed by atoms with Crippen LogP contribution in [0.25, 0.3) is 0 Å². The van der Waals surface area contributed by atoms with Gasteiger partial charge < -0.3 is 25.4 Å². The van der Waals surface area contributed by atoms with Crippen molar-refractivity contribution in [2.24, 2.45) is 0 Å². The number of carbonyl (C=O) groups excluding carboxylic acids is 3. The van der Waals surface area contributed by atoms with E-state index in [1.165, 1.54) is 23.5 Å². The number of rotatable bonds is 12. The summed E-state index contributed by atoms with van der Waals surface area (Å²) in [5, 5.41) is 15.2. The number of carbonyl (C=O) groups is 3. The molecule has 1 rings (SSSR count). The van der Waals surface area contributed by atoms with Crippen LogP contribution < -0.4 is 10.6 Å². The number of benzene rings is 1. The Morgan fingerprint density at radius 1 is 0.943 bits per heavy atom. The van der Waals surface area contributed by atoms with Crippen molar-refractivity contribution in [2.75, 3.05) is 13.1 Å². The van der Waals surface area contributed by atoms with E-state index < -0.39 is 23.3 Å². The molecule has 0 aromatic heterocycles. The van der Waals surface area contributed by atoms with Crippen molar-refractivity contribution in [3.05, 3.63) is 29.8 Å². The van der Waals surface area contributed by atoms with Crippen molar-refractivity contribution < 1.29 is 24.2 Å². The largest absolute Gasteiger partial charge is 0.508 e. The number of alkyl carbamates (subject to hydrolysis) is 1. The van der Waals surface area contributed by atoms with E-state index in [4.69, 9.17) is 4.74 Å². The number of nitrogens with zero attached hydrogens (tertiary/aromatic N) is 1. The van der Waals surface area contributed by atoms with Crippen LogP contribution in [0.5, 0.6) is 5.75 Å². The van der Waals surface area contributed by atoms with Gasteiger partial charge in [-0.05, 0) is 65.7 Å². The second kappa shape index (κ2) is 14.0. The second-order valence-electron chi connectivity index (χ2n) is 10.9. The smallest absolute Gasteiger partial charge is 0.408 e. The van der Waals surface area contributed by atoms with Crippen LogP contribution in [0, 0.1) is 0 Å². The van der Waals surface area contributed by atoms with Gasteiger partial charge in [0.15, 0.2) is 0 Å². The molecule has 0 aliphatic heterocycles. The minimum absolute atomic E-state index is 0.0733. The molecule has 1 aromatic carbocycles. The molecule has 0 saturated carbocycles. The van der Waals surface area contributed by atoms with E-state index in [1.54, 1.807) is 32.9 Å². The third-order valence-electron chi connectivity index (χ3n) is 5.12. The Labute approximate surface area is 210 Å². The molecule has 0 aliphatic rings. The van der Waals surface area contributed by atoms with E-state index in [-0.39, 0.29) is 24.1 Å². The standard InChI is InChI=1S/C27H45N3O5/c1-8-9-10-11-12-13-18-30(22(32)19-28-25(34)35-27(5,6)7)23(24(33)29-26(2,3)4)20-14-16-21(31)17-15-20/h14-17,23,31H,8-13,18-19H2,1-7H3,(H,28,34)(H,29,33). The quantitative estimate of drug-likeness (QED) is 0.354. The molecule has 0 fully saturated rings. The van der Waals surface area contributed by atoms with Gasteiger partial charge in [0.25, 0.3) is 0 Å². The van der Waals surface area contributed by atoms with Crippen molar-refractivity contribution in [3.8, 4) is 5.75 Å². The molecule has 8 heteroatoms. The average molecular weight is 492 g/mol. The minimum atomic E-state index is -0.904. The van der Waals surface area contributed by atoms with Gasteiger partial charge in [0.05, 0.1) is 0 Å². The van der Waals surface area contributed by atoms with E-state index in [0.29, 0.717) is 12.1 Å². The molecule has 0 bridgehead atoms. The van der Waals surface area contributed by atoms with Gasteiger partial charge in [-0.2, -0.15) is 0 Å². The highest BCUT2D eigenvalue weighted by Crippen LogP contribution is 2.25. The molecule has 1 unspecified atom stereocenters. The van der Waals surface area contributed by atoms with Crippen LogP contribution in [-0.4, -0.2) is 52.1 Å². The summed E-state index contributed by atoms with van der Waals surface area (Å²) in [5.74, 6) is -0.629. The summed E-state index contributed by atoms with van der Waals surface area (Å²) in [7, 11) is 0. The number of phenolic OH excluding ortho intramolecular Hbond substituents is 1. The summed E-state index contributed by atoms with van der Waals surface area (Å²) >= 11 is 0. The van der Waals surface area contributed by atoms with Gasteiger partial charge in [-0.15, -0.1) is 0 Å². The maximum Gasteiger partial charge on any atom is 0.408 e. The van der Waals surface area contributed by atoms with Crippen LogP contribution in [0.4, 0.5) is 4.79 Å². The molecule has 0 aliphatic carbocycles. The molecule has 8 nitrogen and oxygen atoms in total. The zero-order chi connectivity index (χ0) is 26.6. The molecule has 0 heterocycles. The van der Waals surface area contributed by atoms with Gasteiger partial charge >= 0.3 is 6.09 Å². The Hall–Kier alpha value is -2.77. The first kappa shape index (κ1) is 30.3. The van der Waals surface area contributed by atoms with Gasteiger partial charge in [0, 0.05) is 12.1 Å². The third-order valence-corrected chi connectivity index (χ3v) is 5.12. The van der Waals surface area contributed by atoms with Crippen molar-refractivity contribution in [3.63, 3.8) is 0 Å². The lowest BCUT2D eigenvalue weighted by molar-refractivity contribution is -0.141. The van der Waals surface area contributed by atoms with Gasteiger partial charge in [-0.3, -0.25) is 9.59 Å². The minimum Gasteiger partial charge on any atom is -0.508 e. The zero-order valence-electron chi connectivity index (χ0n) is 22.6. The number of amides is 3. The number of aromatic hydroxyl groups is 1. The maximum atomic E-state index is 13.4. The van der Waals surface area contributed by atoms with Crippen LogP contribution in [0.1, 0.15) is 98.6 Å². The lowest BCUT2D eigenvalue weighted by Gasteiger charge is -2.34. The Kier molecular flexibility index (Phi) is 12.1. The molecule has 1 atom stereocenters. The first-order valence-electron chi connectivity index (χ1n) is 12.6. The Balaban J connectivity index is 3.15. The first-order valence-corrected chi connectivity index (χ1v) is 12.6. The Bertz CT molecular complexity index is 810. The molecule has 1 aromatic rings. The number of ether oxygens (including phenoxy) is 1. The SMILES string of the molecule is CCCCCCCCN(C(=O)CNC(=O)OC(C)(C)C)C(C(=O)NC(C)(C)C)c1ccc(O)cc1. The molecule has 0 spiro atoms. The van der Waals surface area contributed by atoms with E-state index in [0.717, 1.165) is 32.1 Å². The Morgan fingerprint density at radius 2 is 1.51 bits per heavy atom. The lowest BCUT2D eigenvalue weighted by atomic mass is 10.0. The molecule has 35 heavy (non-hydrogen) atoms. The molecule has 0 radical (unpaired) electrons. The third kappa shape index (κ3) is 12.5. The van der Waals surface area contributed by atoms with Crippen LogP contribution in [0.15, 0.2) is 24.3 Å². The molecule has 3 N–H and O–H groups in total. The molecule has 0 saturated heterocycles. The van der Waals surface area contributed by atoms with Crippen LogP contribution in [0.3, 0.4) is 0 Å². The highest BCUT2D eigenvalue weighted by molar-refractivity contribution is 5.90. The van der Waals surface area contributed by atoms with Crippen molar-refractivity contribution in [1.82, 2.24) is 15.5 Å². The number of nitrogens with one attached hydrogen (secondary N) is 2. The van der Waals surface area contributed by atoms with Gasteiger partial charge in [-0.25, -0.2) is 4.79 Å². The van der Waals surface area contributed by atoms with Crippen molar-refractivity contribution in [1.29, 1.82) is 0 Å². The fourth-order valence-corrected chi connectivity index (χ4v) is 3.59. The first-order chi connectivity index (χ1) is 16.2. The average Bonchev–Trinajstić information content (AvgIpc) is 2.72. The second-order valence-corrected chi connectivity index (χ2v) is 10.9. The lowest BCUT2D eigenvalue weighted by Crippen LogP contribution is -2.51. The van der Waals surface area contributed by atoms with Gasteiger partial charge in [0.1, 0.15) is 23.9 Å². The van der Waals surface area contributed by atoms with Gasteiger partial charge in [-0.1, -0.05) is 51.2 Å². The molecular weight excluding hydrogens is 446 g/mol. The predicted octanol–water partition coefficient (Wildman–Crippen LogP) is 5.06. The summed E-state index contributed by atoms with van der Waals surface area (Å²) in [6.07, 6.45) is 5.50. The van der Waals surface area contributed by atoms with E-state index >= 15 is 0 Å². The fraction of sp³-hybridized carbons (Fsp3) is 0.667. The number of hydrogen-bond donors (Lipinski definition) is 3. The zero-order valence-corrected chi connectivity index (χ0v) is 22.6. The monoisotopic (exact) mass is 491 g/mol. The summed E-state index contributed by atoms with van der Waals surface area (Å²) in [6, 6.07) is 5.38. The van der Waals surface area contributed by atoms with E-state index in [9.17, 15) is 19.5 Å². The molecule has 3 amide bonds. The van der Waals surface area contributed by atoms with Crippen molar-refractivity contribution in [2.45, 2.75) is 104 Å². The van der Waals surface area contributed by atoms with Crippen LogP contribution in [0.2, 0.25) is 0 Å². The topological polar surface area (TPSA) is 108 Å². The fourth-order valence-electron chi connectivity index (χ4n) is 3.59. The Morgan fingerprint density at radius 3 is 2.06 bits per heavy atom. The maximum absolute atomic E-state index is 13.4. The number of hydrogen-bond acceptors (Lipinski definition) is 5. The summed E-state index contributed by atoms with van der Waals surface area (Å²) in [6.45, 7) is 13.1. The summed E-state index contributed by atoms with van der Waals surface area (Å²) < 4.78 is 5.25.